The second-order valence-electron chi connectivity index (χ2n) is 5.03. The normalized spacial score (nSPS) is 21.8. The van der Waals surface area contributed by atoms with Gasteiger partial charge >= 0.3 is 0 Å². The van der Waals surface area contributed by atoms with Gasteiger partial charge in [0.05, 0.1) is 12.6 Å². The van der Waals surface area contributed by atoms with Gasteiger partial charge in [0.25, 0.3) is 5.91 Å². The molecule has 1 saturated heterocycles. The molecule has 0 unspecified atom stereocenters. The third kappa shape index (κ3) is 1.86. The smallest absolute Gasteiger partial charge is 0.254 e. The van der Waals surface area contributed by atoms with Crippen LogP contribution >= 0.6 is 0 Å². The van der Waals surface area contributed by atoms with Crippen LogP contribution in [0.25, 0.3) is 0 Å². The number of likely N-dealkylation sites (tertiary alicyclic amines) is 1. The highest BCUT2D eigenvalue weighted by molar-refractivity contribution is 5.96. The molecule has 18 heavy (non-hydrogen) atoms. The first-order valence-electron chi connectivity index (χ1n) is 6.58. The minimum absolute atomic E-state index is 0.00119. The summed E-state index contributed by atoms with van der Waals surface area (Å²) in [4.78, 5) is 14.2. The number of fused-ring (bicyclic) bond motifs is 1. The van der Waals surface area contributed by atoms with Gasteiger partial charge in [0, 0.05) is 24.3 Å². The Morgan fingerprint density at radius 2 is 2.39 bits per heavy atom. The topological polar surface area (TPSA) is 52.6 Å². The third-order valence-corrected chi connectivity index (χ3v) is 3.92. The lowest BCUT2D eigenvalue weighted by Crippen LogP contribution is -2.37. The monoisotopic (exact) mass is 246 g/mol. The quantitative estimate of drug-likeness (QED) is 0.826. The van der Waals surface area contributed by atoms with Crippen LogP contribution in [0.5, 0.6) is 0 Å². The first-order valence-corrected chi connectivity index (χ1v) is 6.58. The highest BCUT2D eigenvalue weighted by Crippen LogP contribution is 2.26. The SMILES string of the molecule is O=C(c1ccc2c(c1)NCC2)N1CCC[C@@H]1CO. The number of carbonyl (C=O) groups excluding carboxylic acids is 1. The molecule has 0 radical (unpaired) electrons. The van der Waals surface area contributed by atoms with E-state index in [-0.39, 0.29) is 18.6 Å². The predicted octanol–water partition coefficient (Wildman–Crippen LogP) is 1.25. The number of hydrogen-bond acceptors (Lipinski definition) is 3. The van der Waals surface area contributed by atoms with Gasteiger partial charge in [-0.1, -0.05) is 6.07 Å². The van der Waals surface area contributed by atoms with Crippen molar-refractivity contribution in [2.45, 2.75) is 25.3 Å². The summed E-state index contributed by atoms with van der Waals surface area (Å²) in [6, 6.07) is 5.88. The lowest BCUT2D eigenvalue weighted by molar-refractivity contribution is 0.0677. The van der Waals surface area contributed by atoms with Crippen LogP contribution in [0, 0.1) is 0 Å². The molecule has 0 aromatic heterocycles. The number of nitrogens with one attached hydrogen (secondary N) is 1. The minimum atomic E-state index is -0.00119. The van der Waals surface area contributed by atoms with Crippen molar-refractivity contribution in [2.24, 2.45) is 0 Å². The molecule has 3 rings (SSSR count). The van der Waals surface area contributed by atoms with Gasteiger partial charge in [-0.15, -0.1) is 0 Å². The number of aliphatic hydroxyl groups excluding tert-OH is 1. The fourth-order valence-electron chi connectivity index (χ4n) is 2.88. The predicted molar refractivity (Wildman–Crippen MR) is 69.8 cm³/mol. The Bertz CT molecular complexity index is 473. The molecule has 1 fully saturated rings. The molecule has 96 valence electrons. The van der Waals surface area contributed by atoms with E-state index in [1.54, 1.807) is 4.90 Å². The Kier molecular flexibility index (Phi) is 2.96. The molecular weight excluding hydrogens is 228 g/mol. The van der Waals surface area contributed by atoms with E-state index in [4.69, 9.17) is 0 Å². The Morgan fingerprint density at radius 1 is 1.50 bits per heavy atom. The van der Waals surface area contributed by atoms with Crippen molar-refractivity contribution < 1.29 is 9.90 Å². The fraction of sp³-hybridized carbons (Fsp3) is 0.500. The standard InChI is InChI=1S/C14H18N2O2/c17-9-12-2-1-7-16(12)14(18)11-4-3-10-5-6-15-13(10)8-11/h3-4,8,12,15,17H,1-2,5-7,9H2/t12-/m1/s1. The second-order valence-corrected chi connectivity index (χ2v) is 5.03. The summed E-state index contributed by atoms with van der Waals surface area (Å²) in [5.74, 6) is 0.0445. The number of aliphatic hydroxyl groups is 1. The van der Waals surface area contributed by atoms with Gasteiger partial charge in [0.1, 0.15) is 0 Å². The maximum atomic E-state index is 12.4. The van der Waals surface area contributed by atoms with Crippen molar-refractivity contribution in [1.82, 2.24) is 4.90 Å². The zero-order chi connectivity index (χ0) is 12.5. The van der Waals surface area contributed by atoms with Crippen molar-refractivity contribution in [3.8, 4) is 0 Å². The molecule has 2 heterocycles. The summed E-state index contributed by atoms with van der Waals surface area (Å²) in [5, 5.41) is 12.6. The van der Waals surface area contributed by atoms with Crippen molar-refractivity contribution in [3.63, 3.8) is 0 Å². The fourth-order valence-corrected chi connectivity index (χ4v) is 2.88. The molecule has 1 aromatic rings. The number of hydrogen-bond donors (Lipinski definition) is 2. The highest BCUT2D eigenvalue weighted by Gasteiger charge is 2.29. The number of anilines is 1. The van der Waals surface area contributed by atoms with Gasteiger partial charge < -0.3 is 15.3 Å². The molecule has 1 aromatic carbocycles. The van der Waals surface area contributed by atoms with Crippen LogP contribution in [0.2, 0.25) is 0 Å². The largest absolute Gasteiger partial charge is 0.394 e. The molecule has 2 aliphatic rings. The lowest BCUT2D eigenvalue weighted by Gasteiger charge is -2.23. The van der Waals surface area contributed by atoms with E-state index in [9.17, 15) is 9.90 Å². The summed E-state index contributed by atoms with van der Waals surface area (Å²) in [7, 11) is 0. The number of rotatable bonds is 2. The maximum absolute atomic E-state index is 12.4. The van der Waals surface area contributed by atoms with E-state index < -0.39 is 0 Å². The molecule has 1 amide bonds. The van der Waals surface area contributed by atoms with E-state index in [0.717, 1.165) is 43.6 Å². The Balaban J connectivity index is 1.84. The molecule has 2 N–H and O–H groups in total. The third-order valence-electron chi connectivity index (χ3n) is 3.92. The average molecular weight is 246 g/mol. The van der Waals surface area contributed by atoms with Crippen molar-refractivity contribution in [3.05, 3.63) is 29.3 Å². The maximum Gasteiger partial charge on any atom is 0.254 e. The second kappa shape index (κ2) is 4.61. The van der Waals surface area contributed by atoms with Gasteiger partial charge in [-0.05, 0) is 37.0 Å². The zero-order valence-corrected chi connectivity index (χ0v) is 10.4. The summed E-state index contributed by atoms with van der Waals surface area (Å²) in [5.41, 5.74) is 3.09. The van der Waals surface area contributed by atoms with E-state index >= 15 is 0 Å². The lowest BCUT2D eigenvalue weighted by atomic mass is 10.1. The number of amides is 1. The first-order chi connectivity index (χ1) is 8.79. The molecule has 4 heteroatoms. The molecule has 1 atom stereocenters. The van der Waals surface area contributed by atoms with Crippen LogP contribution in [0.1, 0.15) is 28.8 Å². The van der Waals surface area contributed by atoms with Crippen LogP contribution in [-0.4, -0.2) is 41.7 Å². The Morgan fingerprint density at radius 3 is 3.22 bits per heavy atom. The molecule has 0 spiro atoms. The number of benzene rings is 1. The molecular formula is C14H18N2O2. The van der Waals surface area contributed by atoms with Crippen LogP contribution in [0.15, 0.2) is 18.2 Å². The zero-order valence-electron chi connectivity index (χ0n) is 10.4. The van der Waals surface area contributed by atoms with Crippen molar-refractivity contribution >= 4 is 11.6 Å². The van der Waals surface area contributed by atoms with E-state index in [1.165, 1.54) is 5.56 Å². The Hall–Kier alpha value is -1.55. The van der Waals surface area contributed by atoms with Gasteiger partial charge in [-0.2, -0.15) is 0 Å². The summed E-state index contributed by atoms with van der Waals surface area (Å²) in [6.07, 6.45) is 2.93. The van der Waals surface area contributed by atoms with Crippen LogP contribution in [0.3, 0.4) is 0 Å². The molecule has 0 aliphatic carbocycles. The van der Waals surface area contributed by atoms with E-state index in [2.05, 4.69) is 5.32 Å². The highest BCUT2D eigenvalue weighted by atomic mass is 16.3. The Labute approximate surface area is 107 Å². The van der Waals surface area contributed by atoms with Gasteiger partial charge in [-0.25, -0.2) is 0 Å². The molecule has 2 aliphatic heterocycles. The number of nitrogens with zero attached hydrogens (tertiary/aromatic N) is 1. The van der Waals surface area contributed by atoms with E-state index in [0.29, 0.717) is 0 Å². The van der Waals surface area contributed by atoms with Gasteiger partial charge in [0.2, 0.25) is 0 Å². The average Bonchev–Trinajstić information content (AvgIpc) is 3.05. The summed E-state index contributed by atoms with van der Waals surface area (Å²) < 4.78 is 0. The minimum Gasteiger partial charge on any atom is -0.394 e. The molecule has 0 bridgehead atoms. The molecule has 0 saturated carbocycles. The first kappa shape index (κ1) is 11.5. The molecule has 4 nitrogen and oxygen atoms in total. The van der Waals surface area contributed by atoms with Crippen LogP contribution < -0.4 is 5.32 Å². The van der Waals surface area contributed by atoms with E-state index in [1.807, 2.05) is 18.2 Å². The summed E-state index contributed by atoms with van der Waals surface area (Å²) >= 11 is 0. The van der Waals surface area contributed by atoms with Crippen LogP contribution in [-0.2, 0) is 6.42 Å². The van der Waals surface area contributed by atoms with Crippen molar-refractivity contribution in [2.75, 3.05) is 25.0 Å². The summed E-state index contributed by atoms with van der Waals surface area (Å²) in [6.45, 7) is 1.78. The van der Waals surface area contributed by atoms with Crippen LogP contribution in [0.4, 0.5) is 5.69 Å². The van der Waals surface area contributed by atoms with Gasteiger partial charge in [0.15, 0.2) is 0 Å². The van der Waals surface area contributed by atoms with Crippen molar-refractivity contribution in [1.29, 1.82) is 0 Å². The number of carbonyl (C=O) groups is 1. The van der Waals surface area contributed by atoms with Gasteiger partial charge in [-0.3, -0.25) is 4.79 Å².